The molecule has 0 saturated carbocycles. The van der Waals surface area contributed by atoms with Gasteiger partial charge in [0.2, 0.25) is 5.91 Å². The van der Waals surface area contributed by atoms with Gasteiger partial charge in [0.15, 0.2) is 0 Å². The molecule has 4 heteroatoms. The number of likely N-dealkylation sites (tertiary alicyclic amines) is 1. The Balaban J connectivity index is 1.55. The molecule has 0 spiro atoms. The number of aliphatic hydroxyl groups is 1. The number of ether oxygens (including phenoxy) is 1. The lowest BCUT2D eigenvalue weighted by molar-refractivity contribution is -0.151. The second-order valence-corrected chi connectivity index (χ2v) is 9.19. The average molecular weight is 408 g/mol. The van der Waals surface area contributed by atoms with Gasteiger partial charge in [-0.3, -0.25) is 4.79 Å². The number of hydrogen-bond donors (Lipinski definition) is 1. The van der Waals surface area contributed by atoms with E-state index in [2.05, 4.69) is 56.3 Å². The highest BCUT2D eigenvalue weighted by atomic mass is 16.5. The number of β-amino-alcohol motifs (C(OH)–C–C–N with tert-alkyl or cyclic N) is 1. The molecule has 2 aromatic carbocycles. The van der Waals surface area contributed by atoms with Crippen molar-refractivity contribution < 1.29 is 14.6 Å². The number of aliphatic hydroxyl groups excluding tert-OH is 1. The van der Waals surface area contributed by atoms with Gasteiger partial charge in [0.05, 0.1) is 11.5 Å². The first-order valence-electron chi connectivity index (χ1n) is 11.2. The van der Waals surface area contributed by atoms with Crippen LogP contribution in [0.15, 0.2) is 42.5 Å². The van der Waals surface area contributed by atoms with Crippen LogP contribution in [-0.2, 0) is 16.0 Å². The highest BCUT2D eigenvalue weighted by Gasteiger charge is 2.43. The number of hydrogen-bond acceptors (Lipinski definition) is 3. The Morgan fingerprint density at radius 1 is 1.07 bits per heavy atom. The Hall–Kier alpha value is -2.17. The minimum absolute atomic E-state index is 0.197. The second-order valence-electron chi connectivity index (χ2n) is 9.19. The van der Waals surface area contributed by atoms with Gasteiger partial charge in [0.25, 0.3) is 0 Å². The van der Waals surface area contributed by atoms with Crippen LogP contribution in [0.5, 0.6) is 0 Å². The van der Waals surface area contributed by atoms with Crippen LogP contribution >= 0.6 is 0 Å². The zero-order valence-electron chi connectivity index (χ0n) is 18.2. The molecule has 30 heavy (non-hydrogen) atoms. The molecule has 4 rings (SSSR count). The van der Waals surface area contributed by atoms with Crippen molar-refractivity contribution in [3.05, 3.63) is 59.2 Å². The fourth-order valence-corrected chi connectivity index (χ4v) is 5.05. The van der Waals surface area contributed by atoms with E-state index in [-0.39, 0.29) is 5.91 Å². The van der Waals surface area contributed by atoms with Gasteiger partial charge in [0.1, 0.15) is 0 Å². The summed E-state index contributed by atoms with van der Waals surface area (Å²) >= 11 is 0. The van der Waals surface area contributed by atoms with Crippen LogP contribution in [0.25, 0.3) is 11.1 Å². The van der Waals surface area contributed by atoms with Crippen LogP contribution in [0.1, 0.15) is 42.4 Å². The largest absolute Gasteiger partial charge is 0.391 e. The molecular weight excluding hydrogens is 374 g/mol. The van der Waals surface area contributed by atoms with Crippen molar-refractivity contribution >= 4 is 5.91 Å². The number of carbonyl (C=O) groups is 1. The van der Waals surface area contributed by atoms with E-state index in [0.29, 0.717) is 19.8 Å². The summed E-state index contributed by atoms with van der Waals surface area (Å²) in [5, 5.41) is 10.1. The van der Waals surface area contributed by atoms with Crippen LogP contribution < -0.4 is 0 Å². The lowest BCUT2D eigenvalue weighted by Crippen LogP contribution is -2.52. The van der Waals surface area contributed by atoms with Gasteiger partial charge in [-0.1, -0.05) is 53.6 Å². The number of amides is 1. The van der Waals surface area contributed by atoms with E-state index in [9.17, 15) is 9.90 Å². The Morgan fingerprint density at radius 3 is 2.37 bits per heavy atom. The number of benzene rings is 2. The van der Waals surface area contributed by atoms with Crippen LogP contribution in [0, 0.1) is 19.3 Å². The third-order valence-electron chi connectivity index (χ3n) is 6.64. The number of carbonyl (C=O) groups excluding carboxylic acids is 1. The monoisotopic (exact) mass is 407 g/mol. The number of piperidine rings is 1. The molecule has 160 valence electrons. The predicted molar refractivity (Wildman–Crippen MR) is 119 cm³/mol. The first-order chi connectivity index (χ1) is 14.4. The smallest absolute Gasteiger partial charge is 0.229 e. The molecule has 1 unspecified atom stereocenters. The lowest BCUT2D eigenvalue weighted by atomic mass is 9.73. The van der Waals surface area contributed by atoms with Crippen molar-refractivity contribution in [3.63, 3.8) is 0 Å². The van der Waals surface area contributed by atoms with E-state index in [1.54, 1.807) is 0 Å². The fourth-order valence-electron chi connectivity index (χ4n) is 5.05. The van der Waals surface area contributed by atoms with Gasteiger partial charge in [-0.05, 0) is 62.6 Å². The number of nitrogens with zero attached hydrogens (tertiary/aromatic N) is 1. The molecule has 2 aromatic rings. The molecule has 1 amide bonds. The first kappa shape index (κ1) is 21.1. The lowest BCUT2D eigenvalue weighted by Gasteiger charge is -2.42. The molecule has 1 N–H and O–H groups in total. The summed E-state index contributed by atoms with van der Waals surface area (Å²) in [7, 11) is 0. The van der Waals surface area contributed by atoms with Crippen LogP contribution in [0.3, 0.4) is 0 Å². The second kappa shape index (κ2) is 8.91. The molecule has 0 aromatic heterocycles. The van der Waals surface area contributed by atoms with Crippen molar-refractivity contribution in [1.82, 2.24) is 4.90 Å². The molecule has 0 aliphatic carbocycles. The number of rotatable bonds is 4. The molecular formula is C26H33NO3. The summed E-state index contributed by atoms with van der Waals surface area (Å²) in [4.78, 5) is 15.4. The van der Waals surface area contributed by atoms with Gasteiger partial charge in [-0.2, -0.15) is 0 Å². The third kappa shape index (κ3) is 4.60. The standard InChI is InChI=1S/C26H33NO3/c1-19-14-20(2)16-23(15-19)22-7-5-21(6-8-22)17-26(9-12-30-13-10-26)25(29)27-11-3-4-24(28)18-27/h5-8,14-16,24,28H,3-4,9-13,17-18H2,1-2H3. The molecule has 2 aliphatic heterocycles. The normalized spacial score (nSPS) is 21.4. The van der Waals surface area contributed by atoms with Crippen molar-refractivity contribution in [1.29, 1.82) is 0 Å². The Kier molecular flexibility index (Phi) is 6.26. The van der Waals surface area contributed by atoms with Crippen molar-refractivity contribution in [2.24, 2.45) is 5.41 Å². The maximum Gasteiger partial charge on any atom is 0.229 e. The van der Waals surface area contributed by atoms with Crippen LogP contribution in [0.4, 0.5) is 0 Å². The quantitative estimate of drug-likeness (QED) is 0.822. The fraction of sp³-hybridized carbons (Fsp3) is 0.500. The minimum atomic E-state index is -0.420. The minimum Gasteiger partial charge on any atom is -0.391 e. The zero-order chi connectivity index (χ0) is 21.1. The van der Waals surface area contributed by atoms with Crippen molar-refractivity contribution in [3.8, 4) is 11.1 Å². The van der Waals surface area contributed by atoms with Gasteiger partial charge >= 0.3 is 0 Å². The summed E-state index contributed by atoms with van der Waals surface area (Å²) in [5.74, 6) is 0.197. The molecule has 2 aliphatic rings. The molecule has 0 bridgehead atoms. The summed E-state index contributed by atoms with van der Waals surface area (Å²) in [5.41, 5.74) is 5.75. The molecule has 2 saturated heterocycles. The van der Waals surface area contributed by atoms with Gasteiger partial charge in [-0.25, -0.2) is 0 Å². The first-order valence-corrected chi connectivity index (χ1v) is 11.2. The zero-order valence-corrected chi connectivity index (χ0v) is 18.2. The Morgan fingerprint density at radius 2 is 1.73 bits per heavy atom. The van der Waals surface area contributed by atoms with E-state index < -0.39 is 11.5 Å². The summed E-state index contributed by atoms with van der Waals surface area (Å²) in [6.07, 6.45) is 3.50. The summed E-state index contributed by atoms with van der Waals surface area (Å²) in [6.45, 7) is 6.73. The SMILES string of the molecule is Cc1cc(C)cc(-c2ccc(CC3(C(=O)N4CCCC(O)C4)CCOCC3)cc2)c1. The van der Waals surface area contributed by atoms with E-state index in [4.69, 9.17) is 4.74 Å². The predicted octanol–water partition coefficient (Wildman–Crippen LogP) is 4.29. The molecule has 4 nitrogen and oxygen atoms in total. The Labute approximate surface area is 179 Å². The number of aryl methyl sites for hydroxylation is 2. The maximum atomic E-state index is 13.5. The topological polar surface area (TPSA) is 49.8 Å². The molecule has 2 heterocycles. The van der Waals surface area contributed by atoms with Crippen LogP contribution in [0.2, 0.25) is 0 Å². The summed E-state index contributed by atoms with van der Waals surface area (Å²) < 4.78 is 5.60. The van der Waals surface area contributed by atoms with Crippen molar-refractivity contribution in [2.75, 3.05) is 26.3 Å². The Bertz CT molecular complexity index is 863. The van der Waals surface area contributed by atoms with Gasteiger partial charge in [-0.15, -0.1) is 0 Å². The van der Waals surface area contributed by atoms with E-state index in [1.165, 1.54) is 27.8 Å². The van der Waals surface area contributed by atoms with Crippen LogP contribution in [-0.4, -0.2) is 48.3 Å². The molecule has 2 fully saturated rings. The third-order valence-corrected chi connectivity index (χ3v) is 6.64. The van der Waals surface area contributed by atoms with Gasteiger partial charge in [0, 0.05) is 26.3 Å². The maximum absolute atomic E-state index is 13.5. The van der Waals surface area contributed by atoms with Crippen molar-refractivity contribution in [2.45, 2.75) is 52.1 Å². The highest BCUT2D eigenvalue weighted by molar-refractivity contribution is 5.83. The highest BCUT2D eigenvalue weighted by Crippen LogP contribution is 2.37. The van der Waals surface area contributed by atoms with E-state index in [1.807, 2.05) is 4.90 Å². The molecule has 1 atom stereocenters. The van der Waals surface area contributed by atoms with Gasteiger partial charge < -0.3 is 14.7 Å². The molecule has 0 radical (unpaired) electrons. The van der Waals surface area contributed by atoms with E-state index in [0.717, 1.165) is 38.6 Å². The average Bonchev–Trinajstić information content (AvgIpc) is 2.74. The summed E-state index contributed by atoms with van der Waals surface area (Å²) in [6, 6.07) is 15.3. The van der Waals surface area contributed by atoms with E-state index >= 15 is 0 Å².